The first-order chi connectivity index (χ1) is 11.8. The van der Waals surface area contributed by atoms with E-state index in [1.165, 1.54) is 12.1 Å². The van der Waals surface area contributed by atoms with Gasteiger partial charge in [-0.15, -0.1) is 0 Å². The third-order valence-corrected chi connectivity index (χ3v) is 5.03. The largest absolute Gasteiger partial charge is 0.348 e. The minimum Gasteiger partial charge on any atom is -0.348 e. The van der Waals surface area contributed by atoms with Crippen molar-refractivity contribution in [2.75, 3.05) is 13.1 Å². The summed E-state index contributed by atoms with van der Waals surface area (Å²) >= 11 is 0. The van der Waals surface area contributed by atoms with Crippen molar-refractivity contribution in [3.8, 4) is 0 Å². The molecule has 132 valence electrons. The van der Waals surface area contributed by atoms with E-state index in [1.54, 1.807) is 36.4 Å². The molecule has 7 heteroatoms. The van der Waals surface area contributed by atoms with Crippen LogP contribution in [0.15, 0.2) is 53.4 Å². The number of rotatable bonds is 7. The van der Waals surface area contributed by atoms with E-state index in [0.29, 0.717) is 5.56 Å². The number of carbonyl (C=O) groups excluding carboxylic acids is 2. The quantitative estimate of drug-likeness (QED) is 0.445. The van der Waals surface area contributed by atoms with Crippen LogP contribution >= 0.6 is 0 Å². The standard InChI is InChI=1S/C18H20N2O4S/c1-13-3-7-15(8-4-13)17(21)18(22)19-11-12-20-25(23,24)16-9-5-14(2)6-10-16/h3-10,20H,11-12H2,1-2H3,(H,19,22). The lowest BCUT2D eigenvalue weighted by Crippen LogP contribution is -2.37. The minimum atomic E-state index is -3.64. The van der Waals surface area contributed by atoms with Gasteiger partial charge in [0.15, 0.2) is 0 Å². The van der Waals surface area contributed by atoms with Crippen LogP contribution < -0.4 is 10.0 Å². The molecule has 25 heavy (non-hydrogen) atoms. The second-order valence-corrected chi connectivity index (χ2v) is 7.43. The molecule has 0 fully saturated rings. The normalized spacial score (nSPS) is 11.1. The van der Waals surface area contributed by atoms with Crippen molar-refractivity contribution in [2.24, 2.45) is 0 Å². The summed E-state index contributed by atoms with van der Waals surface area (Å²) in [5.41, 5.74) is 2.24. The molecule has 0 aliphatic rings. The molecule has 2 aromatic rings. The molecule has 1 amide bonds. The van der Waals surface area contributed by atoms with E-state index in [-0.39, 0.29) is 18.0 Å². The number of amides is 1. The van der Waals surface area contributed by atoms with Gasteiger partial charge in [-0.05, 0) is 26.0 Å². The van der Waals surface area contributed by atoms with Gasteiger partial charge in [0, 0.05) is 18.7 Å². The Balaban J connectivity index is 1.84. The lowest BCUT2D eigenvalue weighted by Gasteiger charge is -2.08. The Kier molecular flexibility index (Phi) is 6.06. The van der Waals surface area contributed by atoms with Crippen LogP contribution in [-0.4, -0.2) is 33.2 Å². The van der Waals surface area contributed by atoms with Crippen LogP contribution in [0.2, 0.25) is 0 Å². The van der Waals surface area contributed by atoms with E-state index in [0.717, 1.165) is 11.1 Å². The van der Waals surface area contributed by atoms with Gasteiger partial charge in [0.25, 0.3) is 5.91 Å². The summed E-state index contributed by atoms with van der Waals surface area (Å²) in [5.74, 6) is -1.42. The highest BCUT2D eigenvalue weighted by atomic mass is 32.2. The van der Waals surface area contributed by atoms with Crippen LogP contribution in [0, 0.1) is 13.8 Å². The van der Waals surface area contributed by atoms with Gasteiger partial charge < -0.3 is 5.32 Å². The molecule has 0 bridgehead atoms. The zero-order valence-electron chi connectivity index (χ0n) is 14.1. The number of sulfonamides is 1. The van der Waals surface area contributed by atoms with E-state index in [2.05, 4.69) is 10.0 Å². The maximum Gasteiger partial charge on any atom is 0.292 e. The van der Waals surface area contributed by atoms with Crippen molar-refractivity contribution < 1.29 is 18.0 Å². The first-order valence-corrected chi connectivity index (χ1v) is 9.23. The lowest BCUT2D eigenvalue weighted by molar-refractivity contribution is -0.116. The number of nitrogens with one attached hydrogen (secondary N) is 2. The molecule has 2 aromatic carbocycles. The molecule has 6 nitrogen and oxygen atoms in total. The van der Waals surface area contributed by atoms with Crippen LogP contribution in [0.4, 0.5) is 0 Å². The Morgan fingerprint density at radius 3 is 1.92 bits per heavy atom. The Morgan fingerprint density at radius 1 is 0.840 bits per heavy atom. The molecule has 2 N–H and O–H groups in total. The second-order valence-electron chi connectivity index (χ2n) is 5.66. The van der Waals surface area contributed by atoms with E-state index >= 15 is 0 Å². The fourth-order valence-corrected chi connectivity index (χ4v) is 3.11. The maximum absolute atomic E-state index is 12.1. The van der Waals surface area contributed by atoms with Gasteiger partial charge in [-0.2, -0.15) is 0 Å². The number of benzene rings is 2. The molecule has 2 rings (SSSR count). The molecule has 0 unspecified atom stereocenters. The van der Waals surface area contributed by atoms with Gasteiger partial charge >= 0.3 is 0 Å². The van der Waals surface area contributed by atoms with Crippen LogP contribution in [0.3, 0.4) is 0 Å². The summed E-state index contributed by atoms with van der Waals surface area (Å²) in [6.07, 6.45) is 0. The smallest absolute Gasteiger partial charge is 0.292 e. The van der Waals surface area contributed by atoms with Crippen LogP contribution in [-0.2, 0) is 14.8 Å². The molecular formula is C18H20N2O4S. The van der Waals surface area contributed by atoms with Crippen molar-refractivity contribution in [1.82, 2.24) is 10.0 Å². The number of hydrogen-bond acceptors (Lipinski definition) is 4. The summed E-state index contributed by atoms with van der Waals surface area (Å²) < 4.78 is 26.6. The first-order valence-electron chi connectivity index (χ1n) is 7.75. The van der Waals surface area contributed by atoms with Crippen LogP contribution in [0.1, 0.15) is 21.5 Å². The van der Waals surface area contributed by atoms with Crippen molar-refractivity contribution >= 4 is 21.7 Å². The van der Waals surface area contributed by atoms with Gasteiger partial charge in [-0.3, -0.25) is 9.59 Å². The third-order valence-electron chi connectivity index (χ3n) is 3.55. The number of carbonyl (C=O) groups is 2. The fourth-order valence-electron chi connectivity index (χ4n) is 2.08. The van der Waals surface area contributed by atoms with Crippen molar-refractivity contribution in [1.29, 1.82) is 0 Å². The molecule has 0 aromatic heterocycles. The summed E-state index contributed by atoms with van der Waals surface area (Å²) in [4.78, 5) is 23.9. The second kappa shape index (κ2) is 8.04. The van der Waals surface area contributed by atoms with Gasteiger partial charge in [-0.1, -0.05) is 47.5 Å². The number of hydrogen-bond donors (Lipinski definition) is 2. The molecule has 0 radical (unpaired) electrons. The van der Waals surface area contributed by atoms with Gasteiger partial charge in [0.1, 0.15) is 0 Å². The zero-order chi connectivity index (χ0) is 18.4. The maximum atomic E-state index is 12.1. The lowest BCUT2D eigenvalue weighted by atomic mass is 10.1. The summed E-state index contributed by atoms with van der Waals surface area (Å²) in [5, 5.41) is 2.41. The predicted molar refractivity (Wildman–Crippen MR) is 94.9 cm³/mol. The highest BCUT2D eigenvalue weighted by molar-refractivity contribution is 7.89. The fraction of sp³-hybridized carbons (Fsp3) is 0.222. The van der Waals surface area contributed by atoms with E-state index in [4.69, 9.17) is 0 Å². The van der Waals surface area contributed by atoms with Gasteiger partial charge in [0.05, 0.1) is 4.90 Å². The summed E-state index contributed by atoms with van der Waals surface area (Å²) in [6.45, 7) is 3.75. The van der Waals surface area contributed by atoms with Gasteiger partial charge in [-0.25, -0.2) is 13.1 Å². The van der Waals surface area contributed by atoms with Gasteiger partial charge in [0.2, 0.25) is 15.8 Å². The van der Waals surface area contributed by atoms with Crippen molar-refractivity contribution in [2.45, 2.75) is 18.7 Å². The number of aryl methyl sites for hydroxylation is 2. The van der Waals surface area contributed by atoms with Crippen molar-refractivity contribution in [3.05, 3.63) is 65.2 Å². The van der Waals surface area contributed by atoms with Crippen LogP contribution in [0.5, 0.6) is 0 Å². The van der Waals surface area contributed by atoms with E-state index in [9.17, 15) is 18.0 Å². The average Bonchev–Trinajstić information content (AvgIpc) is 2.59. The van der Waals surface area contributed by atoms with E-state index < -0.39 is 21.7 Å². The van der Waals surface area contributed by atoms with E-state index in [1.807, 2.05) is 13.8 Å². The highest BCUT2D eigenvalue weighted by Crippen LogP contribution is 2.09. The SMILES string of the molecule is Cc1ccc(C(=O)C(=O)NCCNS(=O)(=O)c2ccc(C)cc2)cc1. The molecular weight excluding hydrogens is 340 g/mol. The Bertz CT molecular complexity index is 857. The highest BCUT2D eigenvalue weighted by Gasteiger charge is 2.16. The summed E-state index contributed by atoms with van der Waals surface area (Å²) in [6, 6.07) is 13.1. The Morgan fingerprint density at radius 2 is 1.36 bits per heavy atom. The van der Waals surface area contributed by atoms with Crippen LogP contribution in [0.25, 0.3) is 0 Å². The molecule has 0 spiro atoms. The molecule has 0 saturated carbocycles. The topological polar surface area (TPSA) is 92.3 Å². The Labute approximate surface area is 147 Å². The molecule has 0 saturated heterocycles. The predicted octanol–water partition coefficient (Wildman–Crippen LogP) is 1.58. The number of Topliss-reactive ketones (excluding diaryl/α,β-unsaturated/α-hetero) is 1. The zero-order valence-corrected chi connectivity index (χ0v) is 14.9. The number of ketones is 1. The Hall–Kier alpha value is -2.51. The molecule has 0 aliphatic heterocycles. The molecule has 0 heterocycles. The average molecular weight is 360 g/mol. The molecule has 0 atom stereocenters. The first kappa shape index (κ1) is 18.8. The summed E-state index contributed by atoms with van der Waals surface area (Å²) in [7, 11) is -3.64. The minimum absolute atomic E-state index is 0.0108. The van der Waals surface area contributed by atoms with Crippen molar-refractivity contribution in [3.63, 3.8) is 0 Å². The molecule has 0 aliphatic carbocycles. The monoisotopic (exact) mass is 360 g/mol. The third kappa shape index (κ3) is 5.23.